The van der Waals surface area contributed by atoms with Crippen LogP contribution in [0.3, 0.4) is 0 Å². The van der Waals surface area contributed by atoms with Crippen molar-refractivity contribution in [2.75, 3.05) is 19.8 Å². The first-order chi connectivity index (χ1) is 14.1. The van der Waals surface area contributed by atoms with Crippen LogP contribution in [0.5, 0.6) is 11.5 Å². The normalized spacial score (nSPS) is 12.8. The molecule has 7 nitrogen and oxygen atoms in total. The van der Waals surface area contributed by atoms with Crippen LogP contribution in [-0.4, -0.2) is 35.1 Å². The molecule has 0 aliphatic rings. The fourth-order valence-corrected chi connectivity index (χ4v) is 3.68. The number of imidazole rings is 1. The molecule has 0 aliphatic heterocycles. The van der Waals surface area contributed by atoms with Crippen molar-refractivity contribution >= 4 is 22.3 Å². The molecular weight excluding hydrogens is 386 g/mol. The molecule has 0 amide bonds. The Morgan fingerprint density at radius 3 is 2.72 bits per heavy atom. The van der Waals surface area contributed by atoms with E-state index in [-0.39, 0.29) is 6.04 Å². The highest BCUT2D eigenvalue weighted by Gasteiger charge is 2.13. The van der Waals surface area contributed by atoms with Gasteiger partial charge >= 0.3 is 0 Å². The molecule has 0 fully saturated rings. The number of nitrogens with zero attached hydrogens (tertiary/aromatic N) is 3. The molecule has 2 heterocycles. The number of benzene rings is 1. The SMILES string of the molecule is CCNC(=NCc1cn2ccsc2n1)NC(C)c1ccc(OCC)c(OCC)c1. The van der Waals surface area contributed by atoms with Crippen molar-refractivity contribution in [1.82, 2.24) is 20.0 Å². The molecule has 0 saturated carbocycles. The number of fused-ring (bicyclic) bond motifs is 1. The lowest BCUT2D eigenvalue weighted by Gasteiger charge is -2.20. The molecule has 3 aromatic rings. The molecule has 0 bridgehead atoms. The summed E-state index contributed by atoms with van der Waals surface area (Å²) >= 11 is 1.62. The van der Waals surface area contributed by atoms with Gasteiger partial charge in [-0.1, -0.05) is 6.07 Å². The van der Waals surface area contributed by atoms with E-state index in [1.54, 1.807) is 11.3 Å². The number of nitrogens with one attached hydrogen (secondary N) is 2. The molecule has 3 rings (SSSR count). The first-order valence-corrected chi connectivity index (χ1v) is 10.9. The van der Waals surface area contributed by atoms with Gasteiger partial charge in [0.05, 0.1) is 31.5 Å². The summed E-state index contributed by atoms with van der Waals surface area (Å²) in [4.78, 5) is 10.3. The Morgan fingerprint density at radius 1 is 1.21 bits per heavy atom. The number of aliphatic imine (C=N–C) groups is 1. The third kappa shape index (κ3) is 5.41. The first-order valence-electron chi connectivity index (χ1n) is 10.00. The minimum Gasteiger partial charge on any atom is -0.490 e. The monoisotopic (exact) mass is 415 g/mol. The summed E-state index contributed by atoms with van der Waals surface area (Å²) in [7, 11) is 0. The van der Waals surface area contributed by atoms with E-state index >= 15 is 0 Å². The maximum atomic E-state index is 5.75. The van der Waals surface area contributed by atoms with Crippen LogP contribution in [0, 0.1) is 0 Å². The summed E-state index contributed by atoms with van der Waals surface area (Å²) in [6.07, 6.45) is 4.02. The van der Waals surface area contributed by atoms with Gasteiger partial charge in [-0.05, 0) is 45.4 Å². The second-order valence-corrected chi connectivity index (χ2v) is 7.33. The van der Waals surface area contributed by atoms with Gasteiger partial charge in [0.1, 0.15) is 0 Å². The number of aromatic nitrogens is 2. The van der Waals surface area contributed by atoms with Crippen LogP contribution in [0.15, 0.2) is 41.0 Å². The van der Waals surface area contributed by atoms with Gasteiger partial charge in [-0.25, -0.2) is 9.98 Å². The predicted molar refractivity (Wildman–Crippen MR) is 118 cm³/mol. The summed E-state index contributed by atoms with van der Waals surface area (Å²) in [5, 5.41) is 8.79. The summed E-state index contributed by atoms with van der Waals surface area (Å²) in [5.74, 6) is 2.29. The van der Waals surface area contributed by atoms with Gasteiger partial charge in [0.25, 0.3) is 0 Å². The van der Waals surface area contributed by atoms with E-state index in [1.165, 1.54) is 0 Å². The highest BCUT2D eigenvalue weighted by Crippen LogP contribution is 2.30. The lowest BCUT2D eigenvalue weighted by atomic mass is 10.1. The highest BCUT2D eigenvalue weighted by atomic mass is 32.1. The molecule has 0 saturated heterocycles. The van der Waals surface area contributed by atoms with Crippen LogP contribution in [0.4, 0.5) is 0 Å². The van der Waals surface area contributed by atoms with Crippen molar-refractivity contribution in [3.63, 3.8) is 0 Å². The minimum absolute atomic E-state index is 0.0492. The van der Waals surface area contributed by atoms with Gasteiger partial charge in [-0.3, -0.25) is 4.40 Å². The number of ether oxygens (including phenoxy) is 2. The largest absolute Gasteiger partial charge is 0.490 e. The second-order valence-electron chi connectivity index (χ2n) is 6.46. The molecule has 156 valence electrons. The Balaban J connectivity index is 1.71. The lowest BCUT2D eigenvalue weighted by molar-refractivity contribution is 0.287. The number of hydrogen-bond acceptors (Lipinski definition) is 5. The maximum absolute atomic E-state index is 5.75. The van der Waals surface area contributed by atoms with Crippen LogP contribution >= 0.6 is 11.3 Å². The fraction of sp³-hybridized carbons (Fsp3) is 0.429. The van der Waals surface area contributed by atoms with Crippen LogP contribution in [0.2, 0.25) is 0 Å². The van der Waals surface area contributed by atoms with Gasteiger partial charge in [0, 0.05) is 24.3 Å². The van der Waals surface area contributed by atoms with Crippen molar-refractivity contribution in [2.24, 2.45) is 4.99 Å². The molecule has 1 unspecified atom stereocenters. The Hall–Kier alpha value is -2.74. The molecule has 0 spiro atoms. The van der Waals surface area contributed by atoms with E-state index in [0.29, 0.717) is 19.8 Å². The fourth-order valence-electron chi connectivity index (χ4n) is 2.96. The van der Waals surface area contributed by atoms with Gasteiger partial charge < -0.3 is 20.1 Å². The van der Waals surface area contributed by atoms with E-state index in [2.05, 4.69) is 35.5 Å². The molecule has 1 atom stereocenters. The van der Waals surface area contributed by atoms with Crippen LogP contribution in [0.25, 0.3) is 4.96 Å². The van der Waals surface area contributed by atoms with E-state index in [1.807, 2.05) is 48.2 Å². The third-order valence-electron chi connectivity index (χ3n) is 4.31. The minimum atomic E-state index is 0.0492. The van der Waals surface area contributed by atoms with E-state index in [0.717, 1.165) is 40.2 Å². The van der Waals surface area contributed by atoms with Gasteiger partial charge in [-0.2, -0.15) is 0 Å². The standard InChI is InChI=1S/C21H29N5O2S/c1-5-22-20(23-13-17-14-26-10-11-29-21(26)25-17)24-15(4)16-8-9-18(27-6-2)19(12-16)28-7-3/h8-12,14-15H,5-7,13H2,1-4H3,(H2,22,23,24). The molecule has 2 N–H and O–H groups in total. The van der Waals surface area contributed by atoms with Gasteiger partial charge in [-0.15, -0.1) is 11.3 Å². The van der Waals surface area contributed by atoms with Gasteiger partial charge in [0.2, 0.25) is 0 Å². The maximum Gasteiger partial charge on any atom is 0.193 e. The summed E-state index contributed by atoms with van der Waals surface area (Å²) in [6.45, 7) is 10.6. The van der Waals surface area contributed by atoms with Crippen molar-refractivity contribution in [3.8, 4) is 11.5 Å². The van der Waals surface area contributed by atoms with E-state index in [4.69, 9.17) is 14.5 Å². The number of guanidine groups is 1. The smallest absolute Gasteiger partial charge is 0.193 e. The average Bonchev–Trinajstić information content (AvgIpc) is 3.30. The van der Waals surface area contributed by atoms with E-state index in [9.17, 15) is 0 Å². The van der Waals surface area contributed by atoms with Crippen molar-refractivity contribution in [2.45, 2.75) is 40.3 Å². The number of thiazole rings is 1. The zero-order valence-corrected chi connectivity index (χ0v) is 18.3. The van der Waals surface area contributed by atoms with Crippen LogP contribution in [-0.2, 0) is 6.54 Å². The summed E-state index contributed by atoms with van der Waals surface area (Å²) < 4.78 is 13.4. The molecule has 1 aromatic carbocycles. The number of hydrogen-bond donors (Lipinski definition) is 2. The Kier molecular flexibility index (Phi) is 7.35. The van der Waals surface area contributed by atoms with E-state index < -0.39 is 0 Å². The Bertz CT molecular complexity index is 921. The Labute approximate surface area is 175 Å². The molecule has 0 radical (unpaired) electrons. The van der Waals surface area contributed by atoms with Crippen molar-refractivity contribution < 1.29 is 9.47 Å². The molecular formula is C21H29N5O2S. The van der Waals surface area contributed by atoms with Gasteiger partial charge in [0.15, 0.2) is 22.4 Å². The van der Waals surface area contributed by atoms with Crippen molar-refractivity contribution in [3.05, 3.63) is 47.2 Å². The van der Waals surface area contributed by atoms with Crippen molar-refractivity contribution in [1.29, 1.82) is 0 Å². The Morgan fingerprint density at radius 2 is 2.00 bits per heavy atom. The van der Waals surface area contributed by atoms with Crippen LogP contribution in [0.1, 0.15) is 45.0 Å². The summed E-state index contributed by atoms with van der Waals surface area (Å²) in [6, 6.07) is 6.09. The van der Waals surface area contributed by atoms with Crippen LogP contribution < -0.4 is 20.1 Å². The second kappa shape index (κ2) is 10.2. The lowest BCUT2D eigenvalue weighted by Crippen LogP contribution is -2.38. The molecule has 0 aliphatic carbocycles. The quantitative estimate of drug-likeness (QED) is 0.408. The summed E-state index contributed by atoms with van der Waals surface area (Å²) in [5.41, 5.74) is 2.05. The predicted octanol–water partition coefficient (Wildman–Crippen LogP) is 4.01. The zero-order valence-electron chi connectivity index (χ0n) is 17.4. The molecule has 8 heteroatoms. The highest BCUT2D eigenvalue weighted by molar-refractivity contribution is 7.15. The molecule has 29 heavy (non-hydrogen) atoms. The first kappa shape index (κ1) is 21.0. The third-order valence-corrected chi connectivity index (χ3v) is 5.08. The topological polar surface area (TPSA) is 72.2 Å². The zero-order chi connectivity index (χ0) is 20.6. The number of rotatable bonds is 9. The average molecular weight is 416 g/mol. The molecule has 2 aromatic heterocycles.